The van der Waals surface area contributed by atoms with Crippen LogP contribution in [-0.4, -0.2) is 47.5 Å². The zero-order valence-electron chi connectivity index (χ0n) is 25.9. The summed E-state index contributed by atoms with van der Waals surface area (Å²) in [5.74, 6) is -0.567. The van der Waals surface area contributed by atoms with Crippen LogP contribution in [-0.2, 0) is 14.3 Å². The Morgan fingerprint density at radius 3 is 2.13 bits per heavy atom. The van der Waals surface area contributed by atoms with Crippen molar-refractivity contribution in [3.05, 3.63) is 35.4 Å². The lowest BCUT2D eigenvalue weighted by Gasteiger charge is -2.36. The molecule has 0 fully saturated rings. The maximum Gasteiger partial charge on any atom is 0.408 e. The van der Waals surface area contributed by atoms with Crippen molar-refractivity contribution < 1.29 is 19.1 Å². The van der Waals surface area contributed by atoms with Crippen molar-refractivity contribution in [1.29, 1.82) is 0 Å². The van der Waals surface area contributed by atoms with E-state index in [4.69, 9.17) is 4.74 Å². The molecule has 1 aromatic carbocycles. The summed E-state index contributed by atoms with van der Waals surface area (Å²) in [7, 11) is 0. The van der Waals surface area contributed by atoms with Crippen molar-refractivity contribution >= 4 is 17.9 Å². The largest absolute Gasteiger partial charge is 0.444 e. The Hall–Kier alpha value is -2.57. The first kappa shape index (κ1) is 34.5. The van der Waals surface area contributed by atoms with Crippen molar-refractivity contribution in [2.45, 2.75) is 131 Å². The molecule has 0 saturated heterocycles. The van der Waals surface area contributed by atoms with Crippen LogP contribution in [0.25, 0.3) is 0 Å². The van der Waals surface area contributed by atoms with Crippen molar-refractivity contribution in [1.82, 2.24) is 15.5 Å². The van der Waals surface area contributed by atoms with Crippen LogP contribution in [0.15, 0.2) is 24.3 Å². The first-order valence-corrected chi connectivity index (χ1v) is 15.1. The molecule has 1 aromatic rings. The van der Waals surface area contributed by atoms with Gasteiger partial charge < -0.3 is 20.3 Å². The zero-order valence-corrected chi connectivity index (χ0v) is 25.9. The first-order valence-electron chi connectivity index (χ1n) is 15.1. The number of nitrogens with one attached hydrogen (secondary N) is 2. The Kier molecular flexibility index (Phi) is 15.8. The second kappa shape index (κ2) is 17.9. The maximum atomic E-state index is 14.3. The number of carbonyl (C=O) groups excluding carboxylic acids is 3. The van der Waals surface area contributed by atoms with E-state index < -0.39 is 23.8 Å². The highest BCUT2D eigenvalue weighted by atomic mass is 16.6. The smallest absolute Gasteiger partial charge is 0.408 e. The van der Waals surface area contributed by atoms with Gasteiger partial charge in [-0.05, 0) is 57.6 Å². The summed E-state index contributed by atoms with van der Waals surface area (Å²) < 4.78 is 5.51. The molecule has 1 rings (SSSR count). The van der Waals surface area contributed by atoms with Crippen LogP contribution in [0.3, 0.4) is 0 Å². The number of rotatable bonds is 17. The number of alkyl carbamates (subject to hydrolysis) is 1. The average Bonchev–Trinajstić information content (AvgIpc) is 2.88. The minimum Gasteiger partial charge on any atom is -0.444 e. The maximum absolute atomic E-state index is 14.3. The van der Waals surface area contributed by atoms with Crippen LogP contribution in [0.2, 0.25) is 0 Å². The predicted octanol–water partition coefficient (Wildman–Crippen LogP) is 7.08. The number of benzene rings is 1. The summed E-state index contributed by atoms with van der Waals surface area (Å²) >= 11 is 0. The topological polar surface area (TPSA) is 87.7 Å². The molecular weight excluding hydrogens is 490 g/mol. The number of hydrogen-bond acceptors (Lipinski definition) is 4. The SMILES string of the molecule is CCCCCCCN(C(=O)C(NC(=O)OC(C)(C)C)C(C)CC)C(C(=O)NCCCCC)c1ccccc1C. The fraction of sp³-hybridized carbons (Fsp3) is 0.719. The Bertz CT molecular complexity index is 880. The fourth-order valence-corrected chi connectivity index (χ4v) is 4.58. The molecule has 0 aromatic heterocycles. The van der Waals surface area contributed by atoms with E-state index in [0.717, 1.165) is 62.5 Å². The van der Waals surface area contributed by atoms with Crippen molar-refractivity contribution in [3.8, 4) is 0 Å². The summed E-state index contributed by atoms with van der Waals surface area (Å²) in [6, 6.07) is 6.18. The summed E-state index contributed by atoms with van der Waals surface area (Å²) in [6.45, 7) is 16.6. The minimum atomic E-state index is -0.806. The third-order valence-corrected chi connectivity index (χ3v) is 7.06. The van der Waals surface area contributed by atoms with E-state index in [1.54, 1.807) is 25.7 Å². The Labute approximate surface area is 237 Å². The van der Waals surface area contributed by atoms with E-state index in [1.807, 2.05) is 45.0 Å². The molecule has 3 atom stereocenters. The highest BCUT2D eigenvalue weighted by Gasteiger charge is 2.38. The van der Waals surface area contributed by atoms with E-state index >= 15 is 0 Å². The van der Waals surface area contributed by atoms with Gasteiger partial charge in [0.1, 0.15) is 17.7 Å². The van der Waals surface area contributed by atoms with Gasteiger partial charge in [0.15, 0.2) is 0 Å². The van der Waals surface area contributed by atoms with Crippen LogP contribution in [0, 0.1) is 12.8 Å². The zero-order chi connectivity index (χ0) is 29.4. The fourth-order valence-electron chi connectivity index (χ4n) is 4.58. The lowest BCUT2D eigenvalue weighted by molar-refractivity contribution is -0.143. The van der Waals surface area contributed by atoms with Gasteiger partial charge in [-0.15, -0.1) is 0 Å². The number of aryl methyl sites for hydroxylation is 1. The van der Waals surface area contributed by atoms with Gasteiger partial charge >= 0.3 is 6.09 Å². The van der Waals surface area contributed by atoms with Gasteiger partial charge in [0.2, 0.25) is 11.8 Å². The van der Waals surface area contributed by atoms with Gasteiger partial charge in [-0.1, -0.05) is 96.9 Å². The Balaban J connectivity index is 3.46. The van der Waals surface area contributed by atoms with Gasteiger partial charge in [0.25, 0.3) is 0 Å². The van der Waals surface area contributed by atoms with E-state index in [9.17, 15) is 14.4 Å². The number of hydrogen-bond donors (Lipinski definition) is 2. The van der Waals surface area contributed by atoms with Crippen LogP contribution in [0.1, 0.15) is 123 Å². The third-order valence-electron chi connectivity index (χ3n) is 7.06. The van der Waals surface area contributed by atoms with E-state index in [2.05, 4.69) is 24.5 Å². The Morgan fingerprint density at radius 1 is 0.923 bits per heavy atom. The highest BCUT2D eigenvalue weighted by molar-refractivity contribution is 5.92. The van der Waals surface area contributed by atoms with Crippen LogP contribution >= 0.6 is 0 Å². The van der Waals surface area contributed by atoms with Gasteiger partial charge in [0, 0.05) is 13.1 Å². The molecular formula is C32H55N3O4. The molecule has 0 bridgehead atoms. The quantitative estimate of drug-likeness (QED) is 0.205. The summed E-state index contributed by atoms with van der Waals surface area (Å²) in [4.78, 5) is 42.6. The van der Waals surface area contributed by atoms with Crippen LogP contribution in [0.5, 0.6) is 0 Å². The third kappa shape index (κ3) is 12.4. The lowest BCUT2D eigenvalue weighted by atomic mass is 9.94. The molecule has 3 unspecified atom stereocenters. The molecule has 7 heteroatoms. The molecule has 0 aliphatic carbocycles. The summed E-state index contributed by atoms with van der Waals surface area (Å²) in [5.41, 5.74) is 1.08. The van der Waals surface area contributed by atoms with E-state index in [0.29, 0.717) is 19.5 Å². The predicted molar refractivity (Wildman–Crippen MR) is 160 cm³/mol. The van der Waals surface area contributed by atoms with Crippen molar-refractivity contribution in [2.75, 3.05) is 13.1 Å². The number of unbranched alkanes of at least 4 members (excludes halogenated alkanes) is 6. The van der Waals surface area contributed by atoms with Crippen molar-refractivity contribution in [2.24, 2.45) is 5.92 Å². The molecule has 0 radical (unpaired) electrons. The molecule has 0 heterocycles. The monoisotopic (exact) mass is 545 g/mol. The lowest BCUT2D eigenvalue weighted by Crippen LogP contribution is -2.55. The number of nitrogens with zero attached hydrogens (tertiary/aromatic N) is 1. The minimum absolute atomic E-state index is 0.141. The molecule has 7 nitrogen and oxygen atoms in total. The molecule has 39 heavy (non-hydrogen) atoms. The van der Waals surface area contributed by atoms with Gasteiger partial charge in [0.05, 0.1) is 0 Å². The first-order chi connectivity index (χ1) is 18.5. The molecule has 0 spiro atoms. The summed E-state index contributed by atoms with van der Waals surface area (Å²) in [5, 5.41) is 5.95. The van der Waals surface area contributed by atoms with E-state index in [1.165, 1.54) is 0 Å². The second-order valence-corrected chi connectivity index (χ2v) is 11.7. The standard InChI is InChI=1S/C32H55N3O4/c1-9-12-14-15-19-23-35(30(37)27(24(4)11-3)34-31(38)39-32(6,7)8)28(26-21-17-16-20-25(26)5)29(36)33-22-18-13-10-2/h16-17,20-21,24,27-28H,9-15,18-19,22-23H2,1-8H3,(H,33,36)(H,34,38). The average molecular weight is 546 g/mol. The van der Waals surface area contributed by atoms with E-state index in [-0.39, 0.29) is 17.7 Å². The van der Waals surface area contributed by atoms with Crippen LogP contribution in [0.4, 0.5) is 4.79 Å². The summed E-state index contributed by atoms with van der Waals surface area (Å²) in [6.07, 6.45) is 8.17. The highest BCUT2D eigenvalue weighted by Crippen LogP contribution is 2.27. The second-order valence-electron chi connectivity index (χ2n) is 11.7. The number of amides is 3. The molecule has 0 aliphatic rings. The molecule has 0 saturated carbocycles. The molecule has 2 N–H and O–H groups in total. The molecule has 0 aliphatic heterocycles. The number of carbonyl (C=O) groups is 3. The molecule has 3 amide bonds. The number of ether oxygens (including phenoxy) is 1. The normalized spacial score (nSPS) is 13.7. The van der Waals surface area contributed by atoms with Gasteiger partial charge in [-0.25, -0.2) is 4.79 Å². The Morgan fingerprint density at radius 2 is 1.54 bits per heavy atom. The van der Waals surface area contributed by atoms with Crippen molar-refractivity contribution in [3.63, 3.8) is 0 Å². The van der Waals surface area contributed by atoms with Gasteiger partial charge in [-0.2, -0.15) is 0 Å². The van der Waals surface area contributed by atoms with Crippen LogP contribution < -0.4 is 10.6 Å². The van der Waals surface area contributed by atoms with Gasteiger partial charge in [-0.3, -0.25) is 9.59 Å². The molecule has 222 valence electrons.